The van der Waals surface area contributed by atoms with Crippen LogP contribution in [0, 0.1) is 0 Å². The van der Waals surface area contributed by atoms with Crippen molar-refractivity contribution in [2.45, 2.75) is 44.8 Å². The quantitative estimate of drug-likeness (QED) is 0.606. The first kappa shape index (κ1) is 8.53. The molecule has 0 radical (unpaired) electrons. The number of carbonyl (C=O) groups is 1. The minimum Gasteiger partial charge on any atom is -0.462 e. The second-order valence-electron chi connectivity index (χ2n) is 2.93. The Bertz CT molecular complexity index is 144. The summed E-state index contributed by atoms with van der Waals surface area (Å²) in [5.41, 5.74) is 0. The molecule has 11 heavy (non-hydrogen) atoms. The second kappa shape index (κ2) is 3.72. The number of hydrogen-bond donors (Lipinski definition) is 1. The van der Waals surface area contributed by atoms with Crippen molar-refractivity contribution < 1.29 is 14.6 Å². The number of rotatable bonds is 2. The van der Waals surface area contributed by atoms with Crippen molar-refractivity contribution in [1.29, 1.82) is 0 Å². The number of ether oxygens (including phenoxy) is 1. The summed E-state index contributed by atoms with van der Waals surface area (Å²) in [6, 6.07) is 0. The van der Waals surface area contributed by atoms with Gasteiger partial charge in [-0.05, 0) is 12.8 Å². The van der Waals surface area contributed by atoms with Crippen LogP contribution in [-0.2, 0) is 9.53 Å². The normalized spacial score (nSPS) is 30.4. The van der Waals surface area contributed by atoms with Crippen LogP contribution in [0.2, 0.25) is 0 Å². The van der Waals surface area contributed by atoms with Crippen LogP contribution in [0.3, 0.4) is 0 Å². The van der Waals surface area contributed by atoms with Gasteiger partial charge in [0.05, 0.1) is 6.10 Å². The smallest absolute Gasteiger partial charge is 0.305 e. The lowest BCUT2D eigenvalue weighted by molar-refractivity contribution is -0.148. The molecule has 0 aromatic carbocycles. The standard InChI is InChI=1S/C8H14O3/c1-2-8(10)11-7-4-3-6(9)5-7/h6-7,9H,2-5H2,1H3. The fourth-order valence-electron chi connectivity index (χ4n) is 1.29. The van der Waals surface area contributed by atoms with Gasteiger partial charge in [0.25, 0.3) is 0 Å². The van der Waals surface area contributed by atoms with E-state index in [0.29, 0.717) is 12.8 Å². The first-order valence-corrected chi connectivity index (χ1v) is 4.10. The van der Waals surface area contributed by atoms with E-state index < -0.39 is 0 Å². The van der Waals surface area contributed by atoms with Crippen molar-refractivity contribution in [3.63, 3.8) is 0 Å². The Morgan fingerprint density at radius 3 is 2.82 bits per heavy atom. The molecule has 1 rings (SSSR count). The molecule has 3 heteroatoms. The number of carbonyl (C=O) groups excluding carboxylic acids is 1. The zero-order valence-electron chi connectivity index (χ0n) is 6.75. The molecule has 1 saturated carbocycles. The molecule has 1 aliphatic rings. The van der Waals surface area contributed by atoms with Crippen LogP contribution in [0.4, 0.5) is 0 Å². The molecule has 0 heterocycles. The molecule has 2 unspecified atom stereocenters. The van der Waals surface area contributed by atoms with Gasteiger partial charge < -0.3 is 9.84 Å². The lowest BCUT2D eigenvalue weighted by Crippen LogP contribution is -2.14. The summed E-state index contributed by atoms with van der Waals surface area (Å²) in [5, 5.41) is 9.09. The van der Waals surface area contributed by atoms with Crippen LogP contribution in [0.5, 0.6) is 0 Å². The fraction of sp³-hybridized carbons (Fsp3) is 0.875. The monoisotopic (exact) mass is 158 g/mol. The highest BCUT2D eigenvalue weighted by Gasteiger charge is 2.25. The molecule has 1 fully saturated rings. The zero-order valence-corrected chi connectivity index (χ0v) is 6.75. The SMILES string of the molecule is CCC(=O)OC1CCC(O)C1. The highest BCUT2D eigenvalue weighted by Crippen LogP contribution is 2.21. The average Bonchev–Trinajstić information content (AvgIpc) is 2.35. The highest BCUT2D eigenvalue weighted by atomic mass is 16.5. The van der Waals surface area contributed by atoms with E-state index in [4.69, 9.17) is 9.84 Å². The Morgan fingerprint density at radius 2 is 2.36 bits per heavy atom. The van der Waals surface area contributed by atoms with Crippen LogP contribution < -0.4 is 0 Å². The van der Waals surface area contributed by atoms with Crippen LogP contribution in [-0.4, -0.2) is 23.3 Å². The lowest BCUT2D eigenvalue weighted by Gasteiger charge is -2.09. The maximum absolute atomic E-state index is 10.8. The lowest BCUT2D eigenvalue weighted by atomic mass is 10.3. The largest absolute Gasteiger partial charge is 0.462 e. The molecule has 3 nitrogen and oxygen atoms in total. The van der Waals surface area contributed by atoms with Crippen LogP contribution in [0.1, 0.15) is 32.6 Å². The summed E-state index contributed by atoms with van der Waals surface area (Å²) >= 11 is 0. The van der Waals surface area contributed by atoms with Crippen LogP contribution in [0.25, 0.3) is 0 Å². The minimum atomic E-state index is -0.260. The molecule has 0 aliphatic heterocycles. The first-order chi connectivity index (χ1) is 5.22. The van der Waals surface area contributed by atoms with Crippen molar-refractivity contribution >= 4 is 5.97 Å². The van der Waals surface area contributed by atoms with Gasteiger partial charge >= 0.3 is 5.97 Å². The summed E-state index contributed by atoms with van der Waals surface area (Å²) in [6.07, 6.45) is 2.33. The van der Waals surface area contributed by atoms with Gasteiger partial charge in [0, 0.05) is 12.8 Å². The Hall–Kier alpha value is -0.570. The van der Waals surface area contributed by atoms with Crippen LogP contribution in [0.15, 0.2) is 0 Å². The van der Waals surface area contributed by atoms with E-state index in [2.05, 4.69) is 0 Å². The first-order valence-electron chi connectivity index (χ1n) is 4.10. The van der Waals surface area contributed by atoms with E-state index in [9.17, 15) is 4.79 Å². The predicted octanol–water partition coefficient (Wildman–Crippen LogP) is 0.853. The Labute approximate surface area is 66.4 Å². The van der Waals surface area contributed by atoms with Gasteiger partial charge in [-0.1, -0.05) is 6.92 Å². The van der Waals surface area contributed by atoms with Crippen molar-refractivity contribution in [2.24, 2.45) is 0 Å². The molecule has 0 saturated heterocycles. The highest BCUT2D eigenvalue weighted by molar-refractivity contribution is 5.69. The maximum Gasteiger partial charge on any atom is 0.305 e. The summed E-state index contributed by atoms with van der Waals surface area (Å²) in [7, 11) is 0. The van der Waals surface area contributed by atoms with Gasteiger partial charge in [-0.15, -0.1) is 0 Å². The van der Waals surface area contributed by atoms with E-state index in [-0.39, 0.29) is 18.2 Å². The van der Waals surface area contributed by atoms with Gasteiger partial charge in [-0.3, -0.25) is 4.79 Å². The number of aliphatic hydroxyl groups excluding tert-OH is 1. The average molecular weight is 158 g/mol. The third-order valence-corrected chi connectivity index (χ3v) is 1.94. The molecule has 0 aromatic rings. The van der Waals surface area contributed by atoms with Crippen molar-refractivity contribution in [1.82, 2.24) is 0 Å². The molecule has 0 amide bonds. The van der Waals surface area contributed by atoms with E-state index in [1.165, 1.54) is 0 Å². The topological polar surface area (TPSA) is 46.5 Å². The van der Waals surface area contributed by atoms with Crippen molar-refractivity contribution in [3.05, 3.63) is 0 Å². The van der Waals surface area contributed by atoms with E-state index in [0.717, 1.165) is 12.8 Å². The predicted molar refractivity (Wildman–Crippen MR) is 40.0 cm³/mol. The summed E-state index contributed by atoms with van der Waals surface area (Å²) in [5.74, 6) is -0.163. The van der Waals surface area contributed by atoms with Gasteiger partial charge in [0.2, 0.25) is 0 Å². The summed E-state index contributed by atoms with van der Waals surface area (Å²) in [6.45, 7) is 1.77. The second-order valence-corrected chi connectivity index (χ2v) is 2.93. The minimum absolute atomic E-state index is 0.0301. The molecule has 2 atom stereocenters. The Balaban J connectivity index is 2.23. The Morgan fingerprint density at radius 1 is 1.64 bits per heavy atom. The molecule has 0 spiro atoms. The van der Waals surface area contributed by atoms with Crippen molar-refractivity contribution in [2.75, 3.05) is 0 Å². The maximum atomic E-state index is 10.8. The molecule has 1 aliphatic carbocycles. The van der Waals surface area contributed by atoms with Gasteiger partial charge in [0.15, 0.2) is 0 Å². The third-order valence-electron chi connectivity index (χ3n) is 1.94. The van der Waals surface area contributed by atoms with E-state index >= 15 is 0 Å². The van der Waals surface area contributed by atoms with Gasteiger partial charge in [0.1, 0.15) is 6.10 Å². The zero-order chi connectivity index (χ0) is 8.27. The van der Waals surface area contributed by atoms with Crippen LogP contribution >= 0.6 is 0 Å². The summed E-state index contributed by atoms with van der Waals surface area (Å²) in [4.78, 5) is 10.8. The Kier molecular flexibility index (Phi) is 2.88. The third kappa shape index (κ3) is 2.50. The summed E-state index contributed by atoms with van der Waals surface area (Å²) < 4.78 is 5.03. The van der Waals surface area contributed by atoms with E-state index in [1.54, 1.807) is 6.92 Å². The molecular weight excluding hydrogens is 144 g/mol. The van der Waals surface area contributed by atoms with Gasteiger partial charge in [-0.2, -0.15) is 0 Å². The van der Waals surface area contributed by atoms with E-state index in [1.807, 2.05) is 0 Å². The van der Waals surface area contributed by atoms with Gasteiger partial charge in [-0.25, -0.2) is 0 Å². The van der Waals surface area contributed by atoms with Crippen molar-refractivity contribution in [3.8, 4) is 0 Å². The molecule has 0 aromatic heterocycles. The number of aliphatic hydroxyl groups is 1. The number of esters is 1. The molecule has 1 N–H and O–H groups in total. The molecular formula is C8H14O3. The fourth-order valence-corrected chi connectivity index (χ4v) is 1.29. The molecule has 0 bridgehead atoms. The molecule has 64 valence electrons. The number of hydrogen-bond acceptors (Lipinski definition) is 3.